The SMILES string of the molecule is CCCCCCCCCCNS(=O)(=O)c1cc(CO)cs1. The Hall–Kier alpha value is -0.430. The van der Waals surface area contributed by atoms with Crippen LogP contribution < -0.4 is 4.72 Å². The fourth-order valence-corrected chi connectivity index (χ4v) is 4.43. The minimum Gasteiger partial charge on any atom is -0.392 e. The van der Waals surface area contributed by atoms with Crippen molar-refractivity contribution in [3.8, 4) is 0 Å². The maximum Gasteiger partial charge on any atom is 0.250 e. The number of hydrogen-bond donors (Lipinski definition) is 2. The molecule has 0 aromatic carbocycles. The maximum atomic E-state index is 12.0. The molecule has 1 rings (SSSR count). The standard InChI is InChI=1S/C15H27NO3S2/c1-2-3-4-5-6-7-8-9-10-16-21(18,19)15-11-14(12-17)13-20-15/h11,13,16-17H,2-10,12H2,1H3. The second-order valence-corrected chi connectivity index (χ2v) is 8.21. The highest BCUT2D eigenvalue weighted by molar-refractivity contribution is 7.91. The van der Waals surface area contributed by atoms with E-state index in [2.05, 4.69) is 11.6 Å². The van der Waals surface area contributed by atoms with Crippen LogP contribution in [-0.2, 0) is 16.6 Å². The molecular formula is C15H27NO3S2. The van der Waals surface area contributed by atoms with Gasteiger partial charge in [0.25, 0.3) is 0 Å². The Morgan fingerprint density at radius 3 is 2.29 bits per heavy atom. The van der Waals surface area contributed by atoms with Crippen molar-refractivity contribution in [3.63, 3.8) is 0 Å². The summed E-state index contributed by atoms with van der Waals surface area (Å²) in [6.45, 7) is 2.58. The number of hydrogen-bond acceptors (Lipinski definition) is 4. The number of sulfonamides is 1. The van der Waals surface area contributed by atoms with Crippen LogP contribution in [0.1, 0.15) is 63.9 Å². The summed E-state index contributed by atoms with van der Waals surface area (Å²) in [5.41, 5.74) is 0.646. The van der Waals surface area contributed by atoms with E-state index >= 15 is 0 Å². The van der Waals surface area contributed by atoms with Crippen molar-refractivity contribution >= 4 is 21.4 Å². The van der Waals surface area contributed by atoms with Crippen LogP contribution in [0.3, 0.4) is 0 Å². The molecule has 0 aliphatic carbocycles. The Kier molecular flexibility index (Phi) is 9.15. The molecule has 0 saturated heterocycles. The highest BCUT2D eigenvalue weighted by Gasteiger charge is 2.15. The lowest BCUT2D eigenvalue weighted by atomic mass is 10.1. The van der Waals surface area contributed by atoms with Crippen molar-refractivity contribution in [1.82, 2.24) is 4.72 Å². The van der Waals surface area contributed by atoms with Crippen LogP contribution in [0.4, 0.5) is 0 Å². The molecule has 0 atom stereocenters. The highest BCUT2D eigenvalue weighted by atomic mass is 32.2. The average Bonchev–Trinajstić information content (AvgIpc) is 2.95. The van der Waals surface area contributed by atoms with Crippen molar-refractivity contribution in [2.75, 3.05) is 6.54 Å². The van der Waals surface area contributed by atoms with E-state index in [1.165, 1.54) is 44.6 Å². The quantitative estimate of drug-likeness (QED) is 0.574. The zero-order valence-corrected chi connectivity index (χ0v) is 14.4. The molecule has 0 bridgehead atoms. The fourth-order valence-electron chi connectivity index (χ4n) is 2.11. The Morgan fingerprint density at radius 1 is 1.10 bits per heavy atom. The molecule has 0 amide bonds. The van der Waals surface area contributed by atoms with Gasteiger partial charge in [-0.25, -0.2) is 13.1 Å². The number of unbranched alkanes of at least 4 members (excludes halogenated alkanes) is 7. The van der Waals surface area contributed by atoms with Crippen molar-refractivity contribution < 1.29 is 13.5 Å². The number of aliphatic hydroxyl groups is 1. The van der Waals surface area contributed by atoms with E-state index in [0.717, 1.165) is 24.2 Å². The minimum absolute atomic E-state index is 0.121. The van der Waals surface area contributed by atoms with Crippen LogP contribution in [0.5, 0.6) is 0 Å². The predicted molar refractivity (Wildman–Crippen MR) is 88.0 cm³/mol. The summed E-state index contributed by atoms with van der Waals surface area (Å²) < 4.78 is 26.9. The van der Waals surface area contributed by atoms with Gasteiger partial charge >= 0.3 is 0 Å². The monoisotopic (exact) mass is 333 g/mol. The minimum atomic E-state index is -3.40. The molecule has 0 saturated carbocycles. The largest absolute Gasteiger partial charge is 0.392 e. The zero-order chi connectivity index (χ0) is 15.6. The lowest BCUT2D eigenvalue weighted by Crippen LogP contribution is -2.24. The molecule has 0 aliphatic heterocycles. The summed E-state index contributed by atoms with van der Waals surface area (Å²) in [6.07, 6.45) is 9.56. The van der Waals surface area contributed by atoms with Crippen LogP contribution in [0, 0.1) is 0 Å². The van der Waals surface area contributed by atoms with Gasteiger partial charge < -0.3 is 5.11 Å². The normalized spacial score (nSPS) is 11.9. The van der Waals surface area contributed by atoms with Crippen LogP contribution >= 0.6 is 11.3 Å². The molecular weight excluding hydrogens is 306 g/mol. The summed E-state index contributed by atoms with van der Waals surface area (Å²) in [7, 11) is -3.40. The first-order valence-corrected chi connectivity index (χ1v) is 10.1. The van der Waals surface area contributed by atoms with Gasteiger partial charge in [0.1, 0.15) is 4.21 Å². The van der Waals surface area contributed by atoms with Crippen molar-refractivity contribution in [3.05, 3.63) is 17.0 Å². The van der Waals surface area contributed by atoms with E-state index in [0.29, 0.717) is 12.1 Å². The van der Waals surface area contributed by atoms with Gasteiger partial charge in [-0.3, -0.25) is 0 Å². The number of thiophene rings is 1. The fraction of sp³-hybridized carbons (Fsp3) is 0.733. The van der Waals surface area contributed by atoms with Gasteiger partial charge in [-0.2, -0.15) is 0 Å². The molecule has 6 heteroatoms. The molecule has 1 aromatic rings. The first kappa shape index (κ1) is 18.6. The van der Waals surface area contributed by atoms with Crippen LogP contribution in [0.2, 0.25) is 0 Å². The third kappa shape index (κ3) is 7.40. The summed E-state index contributed by atoms with van der Waals surface area (Å²) in [6, 6.07) is 1.53. The summed E-state index contributed by atoms with van der Waals surface area (Å²) in [4.78, 5) is 0. The summed E-state index contributed by atoms with van der Waals surface area (Å²) in [5, 5.41) is 10.6. The Bertz CT molecular complexity index is 483. The Morgan fingerprint density at radius 2 is 1.71 bits per heavy atom. The molecule has 0 unspecified atom stereocenters. The molecule has 0 spiro atoms. The van der Waals surface area contributed by atoms with E-state index < -0.39 is 10.0 Å². The number of nitrogens with one attached hydrogen (secondary N) is 1. The van der Waals surface area contributed by atoms with E-state index in [1.54, 1.807) is 5.38 Å². The number of rotatable bonds is 12. The van der Waals surface area contributed by atoms with Crippen LogP contribution in [0.15, 0.2) is 15.7 Å². The second kappa shape index (κ2) is 10.3. The highest BCUT2D eigenvalue weighted by Crippen LogP contribution is 2.20. The maximum absolute atomic E-state index is 12.0. The molecule has 4 nitrogen and oxygen atoms in total. The van der Waals surface area contributed by atoms with Crippen LogP contribution in [-0.4, -0.2) is 20.1 Å². The van der Waals surface area contributed by atoms with Crippen molar-refractivity contribution in [2.45, 2.75) is 69.1 Å². The molecule has 21 heavy (non-hydrogen) atoms. The van der Waals surface area contributed by atoms with Crippen molar-refractivity contribution in [1.29, 1.82) is 0 Å². The Balaban J connectivity index is 2.14. The molecule has 0 radical (unpaired) electrons. The molecule has 1 heterocycles. The number of aliphatic hydroxyl groups excluding tert-OH is 1. The van der Waals surface area contributed by atoms with E-state index in [9.17, 15) is 8.42 Å². The van der Waals surface area contributed by atoms with E-state index in [-0.39, 0.29) is 10.8 Å². The topological polar surface area (TPSA) is 66.4 Å². The molecule has 1 aromatic heterocycles. The second-order valence-electron chi connectivity index (χ2n) is 5.30. The zero-order valence-electron chi connectivity index (χ0n) is 12.8. The van der Waals surface area contributed by atoms with Gasteiger partial charge in [0.15, 0.2) is 0 Å². The summed E-state index contributed by atoms with van der Waals surface area (Å²) >= 11 is 1.15. The van der Waals surface area contributed by atoms with Gasteiger partial charge in [-0.15, -0.1) is 11.3 Å². The van der Waals surface area contributed by atoms with Gasteiger partial charge in [-0.1, -0.05) is 51.9 Å². The Labute approximate surface area is 132 Å². The lowest BCUT2D eigenvalue weighted by molar-refractivity contribution is 0.282. The lowest BCUT2D eigenvalue weighted by Gasteiger charge is -2.05. The third-order valence-corrected chi connectivity index (χ3v) is 6.35. The van der Waals surface area contributed by atoms with Crippen LogP contribution in [0.25, 0.3) is 0 Å². The van der Waals surface area contributed by atoms with Crippen molar-refractivity contribution in [2.24, 2.45) is 0 Å². The molecule has 2 N–H and O–H groups in total. The molecule has 0 fully saturated rings. The van der Waals surface area contributed by atoms with Gasteiger partial charge in [0.2, 0.25) is 10.0 Å². The predicted octanol–water partition coefficient (Wildman–Crippen LogP) is 3.66. The molecule has 0 aliphatic rings. The van der Waals surface area contributed by atoms with Gasteiger partial charge in [-0.05, 0) is 23.4 Å². The summed E-state index contributed by atoms with van der Waals surface area (Å²) in [5.74, 6) is 0. The first-order valence-electron chi connectivity index (χ1n) is 7.78. The first-order chi connectivity index (χ1) is 10.1. The smallest absolute Gasteiger partial charge is 0.250 e. The van der Waals surface area contributed by atoms with Gasteiger partial charge in [0.05, 0.1) is 6.61 Å². The van der Waals surface area contributed by atoms with E-state index in [1.807, 2.05) is 0 Å². The van der Waals surface area contributed by atoms with E-state index in [4.69, 9.17) is 5.11 Å². The average molecular weight is 334 g/mol. The third-order valence-electron chi connectivity index (χ3n) is 3.40. The van der Waals surface area contributed by atoms with Gasteiger partial charge in [0, 0.05) is 6.54 Å². The molecule has 122 valence electrons.